The fourth-order valence-corrected chi connectivity index (χ4v) is 5.67. The lowest BCUT2D eigenvalue weighted by atomic mass is 9.98. The summed E-state index contributed by atoms with van der Waals surface area (Å²) in [6.45, 7) is 7.05. The van der Waals surface area contributed by atoms with Crippen molar-refractivity contribution in [1.82, 2.24) is 24.6 Å². The molecule has 1 saturated heterocycles. The first kappa shape index (κ1) is 29.8. The van der Waals surface area contributed by atoms with Gasteiger partial charge in [0, 0.05) is 0 Å². The van der Waals surface area contributed by atoms with Crippen LogP contribution >= 0.6 is 7.75 Å². The predicted octanol–water partition coefficient (Wildman–Crippen LogP) is 3.26. The number of carbonyl (C=O) groups is 1. The topological polar surface area (TPSA) is 156 Å². The minimum Gasteiger partial charge on any atom is -0.479 e. The van der Waals surface area contributed by atoms with E-state index in [4.69, 9.17) is 23.3 Å². The van der Waals surface area contributed by atoms with Gasteiger partial charge in [0.15, 0.2) is 23.1 Å². The summed E-state index contributed by atoms with van der Waals surface area (Å²) in [5, 5.41) is 13.4. The van der Waals surface area contributed by atoms with Crippen LogP contribution in [0.3, 0.4) is 0 Å². The van der Waals surface area contributed by atoms with Crippen LogP contribution in [-0.2, 0) is 23.4 Å². The predicted molar refractivity (Wildman–Crippen MR) is 140 cm³/mol. The summed E-state index contributed by atoms with van der Waals surface area (Å²) >= 11 is 0. The molecule has 0 bridgehead atoms. The number of esters is 1. The van der Waals surface area contributed by atoms with E-state index in [1.165, 1.54) is 31.9 Å². The second-order valence-corrected chi connectivity index (χ2v) is 11.5. The average Bonchev–Trinajstić information content (AvgIpc) is 3.40. The van der Waals surface area contributed by atoms with Gasteiger partial charge in [-0.3, -0.25) is 13.9 Å². The number of aryl methyl sites for hydroxylation is 1. The fraction of sp³-hybridized carbons (Fsp3) is 0.520. The van der Waals surface area contributed by atoms with Crippen molar-refractivity contribution in [2.24, 2.45) is 0 Å². The maximum absolute atomic E-state index is 16.0. The highest BCUT2D eigenvalue weighted by molar-refractivity contribution is 7.52. The number of methoxy groups -OCH3 is 1. The molecule has 4 rings (SSSR count). The first-order valence-corrected chi connectivity index (χ1v) is 14.1. The van der Waals surface area contributed by atoms with E-state index in [0.717, 1.165) is 0 Å². The van der Waals surface area contributed by atoms with Gasteiger partial charge in [0.2, 0.25) is 5.88 Å². The van der Waals surface area contributed by atoms with Crippen LogP contribution in [0.25, 0.3) is 11.2 Å². The number of alkyl halides is 1. The zero-order valence-electron chi connectivity index (χ0n) is 23.0. The molecule has 1 aliphatic rings. The summed E-state index contributed by atoms with van der Waals surface area (Å²) < 4.78 is 58.6. The minimum atomic E-state index is -4.27. The Hall–Kier alpha value is -3.16. The lowest BCUT2D eigenvalue weighted by Crippen LogP contribution is -2.41. The molecule has 1 fully saturated rings. The number of ether oxygens (including phenoxy) is 3. The van der Waals surface area contributed by atoms with Crippen LogP contribution in [0.5, 0.6) is 11.6 Å². The number of hydrogen-bond donors (Lipinski definition) is 2. The number of hydrogen-bond acceptors (Lipinski definition) is 11. The quantitative estimate of drug-likeness (QED) is 0.252. The van der Waals surface area contributed by atoms with E-state index in [2.05, 4.69) is 20.0 Å². The number of para-hydroxylation sites is 1. The highest BCUT2D eigenvalue weighted by atomic mass is 31.2. The number of imidazole rings is 1. The van der Waals surface area contributed by atoms with Crippen molar-refractivity contribution in [3.8, 4) is 11.6 Å². The summed E-state index contributed by atoms with van der Waals surface area (Å²) in [5.74, 6) is 0.0807. The maximum atomic E-state index is 16.0. The van der Waals surface area contributed by atoms with E-state index in [0.29, 0.717) is 5.82 Å². The van der Waals surface area contributed by atoms with Crippen molar-refractivity contribution < 1.29 is 42.1 Å². The van der Waals surface area contributed by atoms with Gasteiger partial charge in [0.25, 0.3) is 0 Å². The van der Waals surface area contributed by atoms with E-state index in [-0.39, 0.29) is 22.8 Å². The molecule has 0 radical (unpaired) electrons. The van der Waals surface area contributed by atoms with Crippen molar-refractivity contribution >= 4 is 24.9 Å². The SMILES string of the molecule is COc1nc(C)nc2c1ncn2[C@@H]1O[C@H](COP(=O)(N[C@@H](C)C(=O)OC(C)C)Oc2ccccc2)[C@H](O)[C@@]1(C)F. The number of aromatic nitrogens is 4. The van der Waals surface area contributed by atoms with Crippen LogP contribution in [0.2, 0.25) is 0 Å². The van der Waals surface area contributed by atoms with Crippen molar-refractivity contribution in [3.05, 3.63) is 42.5 Å². The molecule has 0 spiro atoms. The Kier molecular flexibility index (Phi) is 8.76. The third kappa shape index (κ3) is 6.26. The van der Waals surface area contributed by atoms with Crippen LogP contribution in [-0.4, -0.2) is 74.3 Å². The van der Waals surface area contributed by atoms with E-state index < -0.39 is 56.6 Å². The van der Waals surface area contributed by atoms with Crippen LogP contribution in [0.4, 0.5) is 4.39 Å². The molecule has 6 atom stereocenters. The molecule has 2 aromatic heterocycles. The van der Waals surface area contributed by atoms with Crippen LogP contribution < -0.4 is 14.3 Å². The van der Waals surface area contributed by atoms with Crippen molar-refractivity contribution in [2.45, 2.75) is 70.9 Å². The van der Waals surface area contributed by atoms with Crippen LogP contribution in [0.15, 0.2) is 36.7 Å². The van der Waals surface area contributed by atoms with Gasteiger partial charge in [-0.05, 0) is 46.8 Å². The number of aliphatic hydroxyl groups is 1. The van der Waals surface area contributed by atoms with E-state index in [1.807, 2.05) is 0 Å². The van der Waals surface area contributed by atoms with E-state index in [9.17, 15) is 14.5 Å². The normalized spacial score (nSPS) is 25.1. The Morgan fingerprint density at radius 2 is 1.98 bits per heavy atom. The molecular weight excluding hydrogens is 548 g/mol. The number of rotatable bonds is 11. The Bertz CT molecular complexity index is 1390. The molecule has 13 nitrogen and oxygen atoms in total. The second kappa shape index (κ2) is 11.8. The third-order valence-corrected chi connectivity index (χ3v) is 7.74. The summed E-state index contributed by atoms with van der Waals surface area (Å²) in [7, 11) is -2.85. The van der Waals surface area contributed by atoms with Gasteiger partial charge in [-0.1, -0.05) is 18.2 Å². The van der Waals surface area contributed by atoms with Crippen molar-refractivity contribution in [3.63, 3.8) is 0 Å². The van der Waals surface area contributed by atoms with Gasteiger partial charge >= 0.3 is 13.7 Å². The Balaban J connectivity index is 1.56. The Labute approximate surface area is 230 Å². The number of aliphatic hydroxyl groups excluding tert-OH is 1. The number of nitrogens with zero attached hydrogens (tertiary/aromatic N) is 4. The smallest absolute Gasteiger partial charge is 0.459 e. The van der Waals surface area contributed by atoms with Crippen LogP contribution in [0.1, 0.15) is 39.7 Å². The van der Waals surface area contributed by atoms with Crippen molar-refractivity contribution in [2.75, 3.05) is 13.7 Å². The van der Waals surface area contributed by atoms with E-state index >= 15 is 4.39 Å². The summed E-state index contributed by atoms with van der Waals surface area (Å²) in [6.07, 6.45) is -3.45. The standard InChI is InChI=1S/C25H33FN5O8P/c1-14(2)37-23(33)15(3)30-40(34,39-17-10-8-7-9-11-17)36-12-18-20(32)25(5,26)24(38-18)31-13-27-19-21(31)28-16(4)29-22(19)35-6/h7-11,13-15,18,20,24,32H,12H2,1-6H3,(H,30,34)/t15-,18+,20-,24+,25+,40?/m0/s1. The lowest BCUT2D eigenvalue weighted by molar-refractivity contribution is -0.149. The van der Waals surface area contributed by atoms with Gasteiger partial charge in [-0.25, -0.2) is 18.9 Å². The highest BCUT2D eigenvalue weighted by Gasteiger charge is 2.56. The van der Waals surface area contributed by atoms with Gasteiger partial charge in [0.05, 0.1) is 26.1 Å². The summed E-state index contributed by atoms with van der Waals surface area (Å²) in [6, 6.07) is 7.07. The molecule has 40 heavy (non-hydrogen) atoms. The number of fused-ring (bicyclic) bond motifs is 1. The van der Waals surface area contributed by atoms with Crippen molar-refractivity contribution in [1.29, 1.82) is 0 Å². The van der Waals surface area contributed by atoms with Gasteiger partial charge in [-0.2, -0.15) is 10.1 Å². The Morgan fingerprint density at radius 1 is 1.27 bits per heavy atom. The summed E-state index contributed by atoms with van der Waals surface area (Å²) in [5.41, 5.74) is -1.81. The molecule has 0 aliphatic carbocycles. The molecule has 1 unspecified atom stereocenters. The number of benzene rings is 1. The molecule has 2 N–H and O–H groups in total. The first-order chi connectivity index (χ1) is 18.8. The average molecular weight is 582 g/mol. The van der Waals surface area contributed by atoms with E-state index in [1.54, 1.807) is 51.1 Å². The molecule has 3 aromatic rings. The largest absolute Gasteiger partial charge is 0.479 e. The molecular formula is C25H33FN5O8P. The second-order valence-electron chi connectivity index (χ2n) is 9.76. The van der Waals surface area contributed by atoms with Gasteiger partial charge in [-0.15, -0.1) is 0 Å². The number of halogens is 1. The molecule has 1 aliphatic heterocycles. The molecule has 0 saturated carbocycles. The summed E-state index contributed by atoms with van der Waals surface area (Å²) in [4.78, 5) is 25.1. The molecule has 15 heteroatoms. The zero-order chi connectivity index (χ0) is 29.2. The Morgan fingerprint density at radius 3 is 2.62 bits per heavy atom. The minimum absolute atomic E-state index is 0.192. The van der Waals surface area contributed by atoms with Gasteiger partial charge in [0.1, 0.15) is 29.8 Å². The highest BCUT2D eigenvalue weighted by Crippen LogP contribution is 2.48. The number of nitrogens with one attached hydrogen (secondary N) is 1. The fourth-order valence-electron chi connectivity index (χ4n) is 4.16. The monoisotopic (exact) mass is 581 g/mol. The zero-order valence-corrected chi connectivity index (χ0v) is 23.9. The number of carbonyl (C=O) groups excluding carboxylic acids is 1. The molecule has 0 amide bonds. The first-order valence-electron chi connectivity index (χ1n) is 12.6. The molecule has 1 aromatic carbocycles. The molecule has 3 heterocycles. The van der Waals surface area contributed by atoms with Gasteiger partial charge < -0.3 is 23.8 Å². The molecule has 218 valence electrons. The lowest BCUT2D eigenvalue weighted by Gasteiger charge is -2.25. The van der Waals surface area contributed by atoms with Crippen LogP contribution in [0, 0.1) is 6.92 Å². The maximum Gasteiger partial charge on any atom is 0.459 e. The third-order valence-electron chi connectivity index (χ3n) is 6.10.